The molecule has 2 rings (SSSR count). The third-order valence-electron chi connectivity index (χ3n) is 3.65. The second kappa shape index (κ2) is 6.71. The third-order valence-corrected chi connectivity index (χ3v) is 3.65. The quantitative estimate of drug-likeness (QED) is 0.784. The first-order chi connectivity index (χ1) is 9.65. The minimum atomic E-state index is -0.181. The van der Waals surface area contributed by atoms with E-state index in [9.17, 15) is 4.39 Å². The van der Waals surface area contributed by atoms with Gasteiger partial charge < -0.3 is 9.88 Å². The van der Waals surface area contributed by atoms with Crippen LogP contribution >= 0.6 is 0 Å². The van der Waals surface area contributed by atoms with Gasteiger partial charge in [0.05, 0.1) is 5.69 Å². The van der Waals surface area contributed by atoms with Gasteiger partial charge in [-0.2, -0.15) is 0 Å². The molecule has 0 aliphatic carbocycles. The molecular formula is C17H23FN2. The van der Waals surface area contributed by atoms with Crippen LogP contribution in [0.2, 0.25) is 0 Å². The topological polar surface area (TPSA) is 17.0 Å². The maximum absolute atomic E-state index is 14.0. The van der Waals surface area contributed by atoms with E-state index in [-0.39, 0.29) is 5.82 Å². The van der Waals surface area contributed by atoms with Crippen LogP contribution in [0.5, 0.6) is 0 Å². The molecule has 0 aliphatic rings. The number of rotatable bonds is 6. The van der Waals surface area contributed by atoms with Crippen LogP contribution in [0.1, 0.15) is 36.7 Å². The fourth-order valence-electron chi connectivity index (χ4n) is 2.54. The Bertz CT molecular complexity index is 572. The molecular weight excluding hydrogens is 251 g/mol. The molecule has 0 fully saturated rings. The SMILES string of the molecule is CCCCNCc1cc(C)n(-c2ccccc2F)c1C. The first-order valence-corrected chi connectivity index (χ1v) is 7.28. The van der Waals surface area contributed by atoms with Crippen LogP contribution < -0.4 is 5.32 Å². The molecule has 1 heterocycles. The first-order valence-electron chi connectivity index (χ1n) is 7.28. The van der Waals surface area contributed by atoms with Gasteiger partial charge in [-0.25, -0.2) is 4.39 Å². The van der Waals surface area contributed by atoms with Crippen LogP contribution in [0.15, 0.2) is 30.3 Å². The van der Waals surface area contributed by atoms with Crippen molar-refractivity contribution in [1.29, 1.82) is 0 Å². The maximum Gasteiger partial charge on any atom is 0.147 e. The molecule has 0 bridgehead atoms. The summed E-state index contributed by atoms with van der Waals surface area (Å²) in [6.45, 7) is 8.13. The zero-order valence-electron chi connectivity index (χ0n) is 12.5. The number of nitrogens with zero attached hydrogens (tertiary/aromatic N) is 1. The van der Waals surface area contributed by atoms with Crippen molar-refractivity contribution in [2.24, 2.45) is 0 Å². The van der Waals surface area contributed by atoms with Gasteiger partial charge in [-0.05, 0) is 50.6 Å². The van der Waals surface area contributed by atoms with Crippen molar-refractivity contribution in [3.8, 4) is 5.69 Å². The van der Waals surface area contributed by atoms with Gasteiger partial charge in [-0.3, -0.25) is 0 Å². The molecule has 0 amide bonds. The molecule has 0 unspecified atom stereocenters. The van der Waals surface area contributed by atoms with E-state index in [1.54, 1.807) is 6.07 Å². The van der Waals surface area contributed by atoms with Crippen LogP contribution in [-0.2, 0) is 6.54 Å². The zero-order valence-corrected chi connectivity index (χ0v) is 12.5. The summed E-state index contributed by atoms with van der Waals surface area (Å²) >= 11 is 0. The lowest BCUT2D eigenvalue weighted by atomic mass is 10.2. The highest BCUT2D eigenvalue weighted by Crippen LogP contribution is 2.22. The van der Waals surface area contributed by atoms with Crippen LogP contribution in [-0.4, -0.2) is 11.1 Å². The van der Waals surface area contributed by atoms with E-state index in [0.29, 0.717) is 5.69 Å². The molecule has 1 aromatic heterocycles. The zero-order chi connectivity index (χ0) is 14.5. The number of para-hydroxylation sites is 1. The van der Waals surface area contributed by atoms with Crippen LogP contribution in [0.3, 0.4) is 0 Å². The van der Waals surface area contributed by atoms with Gasteiger partial charge in [0.25, 0.3) is 0 Å². The van der Waals surface area contributed by atoms with E-state index in [1.807, 2.05) is 23.6 Å². The van der Waals surface area contributed by atoms with Crippen molar-refractivity contribution < 1.29 is 4.39 Å². The number of aryl methyl sites for hydroxylation is 1. The summed E-state index contributed by atoms with van der Waals surface area (Å²) < 4.78 is 16.0. The highest BCUT2D eigenvalue weighted by Gasteiger charge is 2.12. The number of benzene rings is 1. The van der Waals surface area contributed by atoms with Gasteiger partial charge in [-0.1, -0.05) is 25.5 Å². The van der Waals surface area contributed by atoms with E-state index in [1.165, 1.54) is 24.5 Å². The number of halogens is 1. The molecule has 0 spiro atoms. The van der Waals surface area contributed by atoms with Gasteiger partial charge in [0.2, 0.25) is 0 Å². The fraction of sp³-hybridized carbons (Fsp3) is 0.412. The van der Waals surface area contributed by atoms with Gasteiger partial charge in [0.15, 0.2) is 0 Å². The molecule has 0 saturated heterocycles. The minimum Gasteiger partial charge on any atom is -0.315 e. The summed E-state index contributed by atoms with van der Waals surface area (Å²) in [4.78, 5) is 0. The second-order valence-corrected chi connectivity index (χ2v) is 5.21. The summed E-state index contributed by atoms with van der Waals surface area (Å²) in [6, 6.07) is 9.06. The lowest BCUT2D eigenvalue weighted by Crippen LogP contribution is -2.15. The molecule has 20 heavy (non-hydrogen) atoms. The number of unbranched alkanes of at least 4 members (excludes halogenated alkanes) is 1. The smallest absolute Gasteiger partial charge is 0.147 e. The predicted molar refractivity (Wildman–Crippen MR) is 81.8 cm³/mol. The Morgan fingerprint density at radius 2 is 1.95 bits per heavy atom. The van der Waals surface area contributed by atoms with E-state index < -0.39 is 0 Å². The molecule has 2 aromatic rings. The molecule has 0 aliphatic heterocycles. The summed E-state index contributed by atoms with van der Waals surface area (Å²) in [5.41, 5.74) is 4.04. The molecule has 1 N–H and O–H groups in total. The Hall–Kier alpha value is -1.61. The Morgan fingerprint density at radius 3 is 2.65 bits per heavy atom. The van der Waals surface area contributed by atoms with Crippen LogP contribution in [0.25, 0.3) is 5.69 Å². The first kappa shape index (κ1) is 14.8. The normalized spacial score (nSPS) is 11.0. The summed E-state index contributed by atoms with van der Waals surface area (Å²) in [6.07, 6.45) is 2.38. The molecule has 2 nitrogen and oxygen atoms in total. The summed E-state index contributed by atoms with van der Waals surface area (Å²) in [7, 11) is 0. The van der Waals surface area contributed by atoms with E-state index in [2.05, 4.69) is 25.2 Å². The van der Waals surface area contributed by atoms with E-state index in [0.717, 1.165) is 24.5 Å². The Kier molecular flexibility index (Phi) is 4.96. The van der Waals surface area contributed by atoms with E-state index >= 15 is 0 Å². The molecule has 108 valence electrons. The Morgan fingerprint density at radius 1 is 1.20 bits per heavy atom. The standard InChI is InChI=1S/C17H23FN2/c1-4-5-10-19-12-15-11-13(2)20(14(15)3)17-9-7-6-8-16(17)18/h6-9,11,19H,4-5,10,12H2,1-3H3. The maximum atomic E-state index is 14.0. The van der Waals surface area contributed by atoms with Gasteiger partial charge in [-0.15, -0.1) is 0 Å². The second-order valence-electron chi connectivity index (χ2n) is 5.21. The number of hydrogen-bond acceptors (Lipinski definition) is 1. The van der Waals surface area contributed by atoms with Crippen molar-refractivity contribution in [1.82, 2.24) is 9.88 Å². The van der Waals surface area contributed by atoms with Gasteiger partial charge in [0, 0.05) is 17.9 Å². The van der Waals surface area contributed by atoms with Crippen LogP contribution in [0.4, 0.5) is 4.39 Å². The fourth-order valence-corrected chi connectivity index (χ4v) is 2.54. The van der Waals surface area contributed by atoms with Crippen molar-refractivity contribution in [2.45, 2.75) is 40.2 Å². The van der Waals surface area contributed by atoms with Gasteiger partial charge in [0.1, 0.15) is 5.82 Å². The monoisotopic (exact) mass is 274 g/mol. The number of aromatic nitrogens is 1. The number of nitrogens with one attached hydrogen (secondary N) is 1. The average Bonchev–Trinajstić information content (AvgIpc) is 2.71. The molecule has 0 radical (unpaired) electrons. The lowest BCUT2D eigenvalue weighted by Gasteiger charge is -2.11. The highest BCUT2D eigenvalue weighted by atomic mass is 19.1. The van der Waals surface area contributed by atoms with Crippen molar-refractivity contribution >= 4 is 0 Å². The summed E-state index contributed by atoms with van der Waals surface area (Å²) in [5, 5.41) is 3.44. The Balaban J connectivity index is 2.23. The van der Waals surface area contributed by atoms with Crippen molar-refractivity contribution in [3.05, 3.63) is 53.1 Å². The lowest BCUT2D eigenvalue weighted by molar-refractivity contribution is 0.614. The van der Waals surface area contributed by atoms with Crippen molar-refractivity contribution in [2.75, 3.05) is 6.54 Å². The highest BCUT2D eigenvalue weighted by molar-refractivity contribution is 5.42. The average molecular weight is 274 g/mol. The molecule has 0 atom stereocenters. The van der Waals surface area contributed by atoms with Gasteiger partial charge >= 0.3 is 0 Å². The third kappa shape index (κ3) is 3.10. The van der Waals surface area contributed by atoms with Crippen molar-refractivity contribution in [3.63, 3.8) is 0 Å². The largest absolute Gasteiger partial charge is 0.315 e. The molecule has 0 saturated carbocycles. The number of hydrogen-bond donors (Lipinski definition) is 1. The molecule has 3 heteroatoms. The van der Waals surface area contributed by atoms with E-state index in [4.69, 9.17) is 0 Å². The van der Waals surface area contributed by atoms with Crippen LogP contribution in [0, 0.1) is 19.7 Å². The summed E-state index contributed by atoms with van der Waals surface area (Å²) in [5.74, 6) is -0.181. The molecule has 1 aromatic carbocycles. The predicted octanol–water partition coefficient (Wildman–Crippen LogP) is 4.12. The minimum absolute atomic E-state index is 0.181. The Labute approximate surface area is 120 Å².